The van der Waals surface area contributed by atoms with Gasteiger partial charge in [0.05, 0.1) is 24.4 Å². The van der Waals surface area contributed by atoms with Crippen LogP contribution in [0.15, 0.2) is 6.20 Å². The number of aliphatic hydroxyl groups is 2. The fourth-order valence-electron chi connectivity index (χ4n) is 3.40. The Labute approximate surface area is 145 Å². The highest BCUT2D eigenvalue weighted by Crippen LogP contribution is 2.23. The quantitative estimate of drug-likeness (QED) is 0.723. The van der Waals surface area contributed by atoms with Crippen LogP contribution in [0.2, 0.25) is 0 Å². The van der Waals surface area contributed by atoms with Crippen LogP contribution in [0.4, 0.5) is 0 Å². The van der Waals surface area contributed by atoms with Crippen molar-refractivity contribution in [3.8, 4) is 0 Å². The van der Waals surface area contributed by atoms with E-state index in [4.69, 9.17) is 5.11 Å². The van der Waals surface area contributed by atoms with E-state index in [0.29, 0.717) is 17.7 Å². The first kappa shape index (κ1) is 19.3. The molecule has 2 N–H and O–H groups in total. The normalized spacial score (nSPS) is 18.9. The van der Waals surface area contributed by atoms with E-state index in [1.54, 1.807) is 0 Å². The maximum Gasteiger partial charge on any atom is 0.108 e. The predicted molar refractivity (Wildman–Crippen MR) is 94.6 cm³/mol. The van der Waals surface area contributed by atoms with Gasteiger partial charge in [-0.15, -0.1) is 5.10 Å². The maximum absolute atomic E-state index is 9.77. The summed E-state index contributed by atoms with van der Waals surface area (Å²) in [6, 6.07) is 0.415. The summed E-state index contributed by atoms with van der Waals surface area (Å²) in [6.07, 6.45) is 8.48. The van der Waals surface area contributed by atoms with Crippen LogP contribution in [0.1, 0.15) is 71.0 Å². The van der Waals surface area contributed by atoms with E-state index in [0.717, 1.165) is 45.3 Å². The van der Waals surface area contributed by atoms with Crippen molar-refractivity contribution in [2.75, 3.05) is 19.6 Å². The van der Waals surface area contributed by atoms with Crippen LogP contribution in [0.25, 0.3) is 0 Å². The standard InChI is InChI=1S/C18H34N4O2/c1-15(5-4-9-18(2,3)24)6-10-21-11-7-17(8-12-21)22-13-16(14-23)19-20-22/h13,15,17,23-24H,4-12,14H2,1-3H3. The number of rotatable bonds is 9. The predicted octanol–water partition coefficient (Wildman–Crippen LogP) is 2.37. The maximum atomic E-state index is 9.77. The van der Waals surface area contributed by atoms with Crippen molar-refractivity contribution in [2.24, 2.45) is 5.92 Å². The summed E-state index contributed by atoms with van der Waals surface area (Å²) in [5.41, 5.74) is 0.121. The average molecular weight is 338 g/mol. The van der Waals surface area contributed by atoms with Gasteiger partial charge in [-0.25, -0.2) is 4.68 Å². The molecule has 1 aromatic heterocycles. The SMILES string of the molecule is CC(CCCC(C)(C)O)CCN1CCC(n2cc(CO)nn2)CC1. The lowest BCUT2D eigenvalue weighted by Gasteiger charge is -2.32. The van der Waals surface area contributed by atoms with Gasteiger partial charge in [0, 0.05) is 13.1 Å². The molecule has 1 atom stereocenters. The molecule has 0 aliphatic carbocycles. The summed E-state index contributed by atoms with van der Waals surface area (Å²) in [5, 5.41) is 26.9. The second-order valence-electron chi connectivity index (χ2n) is 8.02. The second kappa shape index (κ2) is 8.92. The van der Waals surface area contributed by atoms with E-state index in [1.807, 2.05) is 24.7 Å². The number of nitrogens with zero attached hydrogens (tertiary/aromatic N) is 4. The Bertz CT molecular complexity index is 476. The van der Waals surface area contributed by atoms with E-state index in [9.17, 15) is 5.11 Å². The molecular weight excluding hydrogens is 304 g/mol. The molecular formula is C18H34N4O2. The van der Waals surface area contributed by atoms with Gasteiger partial charge in [-0.2, -0.15) is 0 Å². The zero-order valence-corrected chi connectivity index (χ0v) is 15.5. The van der Waals surface area contributed by atoms with Gasteiger partial charge >= 0.3 is 0 Å². The summed E-state index contributed by atoms with van der Waals surface area (Å²) in [6.45, 7) is 9.44. The number of hydrogen-bond acceptors (Lipinski definition) is 5. The van der Waals surface area contributed by atoms with Crippen molar-refractivity contribution in [2.45, 2.75) is 77.5 Å². The zero-order valence-electron chi connectivity index (χ0n) is 15.5. The van der Waals surface area contributed by atoms with Crippen molar-refractivity contribution in [1.29, 1.82) is 0 Å². The van der Waals surface area contributed by atoms with Crippen molar-refractivity contribution >= 4 is 0 Å². The Kier molecular flexibility index (Phi) is 7.19. The molecule has 1 aliphatic heterocycles. The van der Waals surface area contributed by atoms with Crippen molar-refractivity contribution in [3.63, 3.8) is 0 Å². The van der Waals surface area contributed by atoms with Crippen LogP contribution in [-0.2, 0) is 6.61 Å². The first-order valence-electron chi connectivity index (χ1n) is 9.33. The van der Waals surface area contributed by atoms with Gasteiger partial charge in [0.1, 0.15) is 5.69 Å². The Balaban J connectivity index is 1.62. The number of aliphatic hydroxyl groups excluding tert-OH is 1. The molecule has 1 aromatic rings. The topological polar surface area (TPSA) is 74.4 Å². The molecule has 1 fully saturated rings. The zero-order chi connectivity index (χ0) is 17.6. The summed E-state index contributed by atoms with van der Waals surface area (Å²) in [5.74, 6) is 0.715. The molecule has 6 nitrogen and oxygen atoms in total. The fourth-order valence-corrected chi connectivity index (χ4v) is 3.40. The molecule has 0 radical (unpaired) electrons. The molecule has 1 aliphatic rings. The lowest BCUT2D eigenvalue weighted by atomic mass is 9.95. The first-order valence-corrected chi connectivity index (χ1v) is 9.33. The Morgan fingerprint density at radius 2 is 2.00 bits per heavy atom. The van der Waals surface area contributed by atoms with E-state index in [1.165, 1.54) is 12.8 Å². The van der Waals surface area contributed by atoms with Crippen molar-refractivity contribution in [3.05, 3.63) is 11.9 Å². The van der Waals surface area contributed by atoms with Gasteiger partial charge in [-0.1, -0.05) is 25.0 Å². The molecule has 0 aromatic carbocycles. The fraction of sp³-hybridized carbons (Fsp3) is 0.889. The van der Waals surface area contributed by atoms with Gasteiger partial charge in [-0.3, -0.25) is 0 Å². The first-order chi connectivity index (χ1) is 11.4. The third kappa shape index (κ3) is 6.49. The Morgan fingerprint density at radius 1 is 1.29 bits per heavy atom. The Hall–Kier alpha value is -0.980. The number of piperidine rings is 1. The van der Waals surface area contributed by atoms with Crippen LogP contribution < -0.4 is 0 Å². The molecule has 6 heteroatoms. The highest BCUT2D eigenvalue weighted by molar-refractivity contribution is 4.91. The van der Waals surface area contributed by atoms with Crippen LogP contribution in [0.3, 0.4) is 0 Å². The monoisotopic (exact) mass is 338 g/mol. The molecule has 24 heavy (non-hydrogen) atoms. The van der Waals surface area contributed by atoms with E-state index in [2.05, 4.69) is 22.1 Å². The minimum absolute atomic E-state index is 0.0375. The number of hydrogen-bond donors (Lipinski definition) is 2. The van der Waals surface area contributed by atoms with Gasteiger partial charge in [0.25, 0.3) is 0 Å². The third-order valence-electron chi connectivity index (χ3n) is 5.07. The molecule has 0 spiro atoms. The van der Waals surface area contributed by atoms with Crippen molar-refractivity contribution < 1.29 is 10.2 Å². The van der Waals surface area contributed by atoms with E-state index < -0.39 is 5.60 Å². The number of aromatic nitrogens is 3. The lowest BCUT2D eigenvalue weighted by molar-refractivity contribution is 0.0666. The summed E-state index contributed by atoms with van der Waals surface area (Å²) < 4.78 is 1.92. The summed E-state index contributed by atoms with van der Waals surface area (Å²) >= 11 is 0. The van der Waals surface area contributed by atoms with Crippen LogP contribution in [0.5, 0.6) is 0 Å². The molecule has 2 rings (SSSR count). The number of likely N-dealkylation sites (tertiary alicyclic amines) is 1. The molecule has 0 amide bonds. The summed E-state index contributed by atoms with van der Waals surface area (Å²) in [4.78, 5) is 2.55. The Morgan fingerprint density at radius 3 is 2.58 bits per heavy atom. The van der Waals surface area contributed by atoms with Crippen LogP contribution >= 0.6 is 0 Å². The highest BCUT2D eigenvalue weighted by Gasteiger charge is 2.22. The lowest BCUT2D eigenvalue weighted by Crippen LogP contribution is -2.36. The largest absolute Gasteiger partial charge is 0.390 e. The molecule has 0 bridgehead atoms. The van der Waals surface area contributed by atoms with E-state index in [-0.39, 0.29) is 6.61 Å². The van der Waals surface area contributed by atoms with E-state index >= 15 is 0 Å². The molecule has 2 heterocycles. The van der Waals surface area contributed by atoms with Crippen molar-refractivity contribution in [1.82, 2.24) is 19.9 Å². The minimum atomic E-state index is -0.529. The van der Waals surface area contributed by atoms with Gasteiger partial charge < -0.3 is 15.1 Å². The minimum Gasteiger partial charge on any atom is -0.390 e. The van der Waals surface area contributed by atoms with Crippen LogP contribution in [0, 0.1) is 5.92 Å². The highest BCUT2D eigenvalue weighted by atomic mass is 16.3. The molecule has 1 saturated heterocycles. The molecule has 1 unspecified atom stereocenters. The molecule has 0 saturated carbocycles. The van der Waals surface area contributed by atoms with Gasteiger partial charge in [-0.05, 0) is 52.0 Å². The second-order valence-corrected chi connectivity index (χ2v) is 8.02. The summed E-state index contributed by atoms with van der Waals surface area (Å²) in [7, 11) is 0. The third-order valence-corrected chi connectivity index (χ3v) is 5.07. The average Bonchev–Trinajstić information content (AvgIpc) is 3.01. The van der Waals surface area contributed by atoms with Gasteiger partial charge in [0.15, 0.2) is 0 Å². The van der Waals surface area contributed by atoms with Gasteiger partial charge in [0.2, 0.25) is 0 Å². The molecule has 138 valence electrons. The van der Waals surface area contributed by atoms with Crippen LogP contribution in [-0.4, -0.2) is 55.3 Å². The smallest absolute Gasteiger partial charge is 0.108 e.